The summed E-state index contributed by atoms with van der Waals surface area (Å²) in [6, 6.07) is 22.6. The van der Waals surface area contributed by atoms with Gasteiger partial charge in [-0.2, -0.15) is 0 Å². The van der Waals surface area contributed by atoms with Gasteiger partial charge in [-0.3, -0.25) is 14.4 Å². The second kappa shape index (κ2) is 9.28. The zero-order valence-corrected chi connectivity index (χ0v) is 15.8. The second-order valence-corrected chi connectivity index (χ2v) is 6.23. The predicted molar refractivity (Wildman–Crippen MR) is 112 cm³/mol. The molecule has 0 radical (unpaired) electrons. The van der Waals surface area contributed by atoms with Gasteiger partial charge in [0.15, 0.2) is 5.78 Å². The van der Waals surface area contributed by atoms with Gasteiger partial charge >= 0.3 is 5.97 Å². The smallest absolute Gasteiger partial charge is 0.308 e. The summed E-state index contributed by atoms with van der Waals surface area (Å²) in [5, 5.41) is 2.74. The van der Waals surface area contributed by atoms with Crippen LogP contribution < -0.4 is 10.1 Å². The molecule has 1 N–H and O–H groups in total. The van der Waals surface area contributed by atoms with Crippen molar-refractivity contribution in [3.05, 3.63) is 102 Å². The Labute approximate surface area is 168 Å². The minimum absolute atomic E-state index is 0.132. The number of esters is 1. The lowest BCUT2D eigenvalue weighted by molar-refractivity contribution is -0.131. The van der Waals surface area contributed by atoms with Gasteiger partial charge in [0, 0.05) is 18.2 Å². The summed E-state index contributed by atoms with van der Waals surface area (Å²) in [4.78, 5) is 36.0. The van der Waals surface area contributed by atoms with E-state index in [0.717, 1.165) is 5.56 Å². The van der Waals surface area contributed by atoms with Crippen LogP contribution in [-0.2, 0) is 4.79 Å². The SMILES string of the molecule is CC(=O)Oc1ccccc1C(=O)Nc1ccc(C(=O)/C=C/c2ccccc2)cc1. The third kappa shape index (κ3) is 5.49. The fraction of sp³-hybridized carbons (Fsp3) is 0.0417. The van der Waals surface area contributed by atoms with Crippen molar-refractivity contribution >= 4 is 29.4 Å². The molecule has 3 rings (SSSR count). The summed E-state index contributed by atoms with van der Waals surface area (Å²) in [5.74, 6) is -0.858. The number of hydrogen-bond donors (Lipinski definition) is 1. The molecule has 5 heteroatoms. The fourth-order valence-electron chi connectivity index (χ4n) is 2.65. The Morgan fingerprint density at radius 1 is 0.828 bits per heavy atom. The number of nitrogens with one attached hydrogen (secondary N) is 1. The van der Waals surface area contributed by atoms with Gasteiger partial charge in [0.1, 0.15) is 5.75 Å². The summed E-state index contributed by atoms with van der Waals surface area (Å²) in [6.45, 7) is 1.27. The van der Waals surface area contributed by atoms with Crippen molar-refractivity contribution in [1.82, 2.24) is 0 Å². The largest absolute Gasteiger partial charge is 0.426 e. The van der Waals surface area contributed by atoms with E-state index in [4.69, 9.17) is 4.74 Å². The molecule has 0 saturated heterocycles. The Morgan fingerprint density at radius 2 is 1.48 bits per heavy atom. The molecule has 5 nitrogen and oxygen atoms in total. The minimum Gasteiger partial charge on any atom is -0.426 e. The van der Waals surface area contributed by atoms with Crippen LogP contribution in [-0.4, -0.2) is 17.7 Å². The van der Waals surface area contributed by atoms with Gasteiger partial charge in [-0.15, -0.1) is 0 Å². The molecule has 0 heterocycles. The molecule has 0 aliphatic rings. The summed E-state index contributed by atoms with van der Waals surface area (Å²) >= 11 is 0. The van der Waals surface area contributed by atoms with Crippen molar-refractivity contribution in [3.63, 3.8) is 0 Å². The number of ketones is 1. The lowest BCUT2D eigenvalue weighted by Crippen LogP contribution is -2.14. The quantitative estimate of drug-likeness (QED) is 0.287. The van der Waals surface area contributed by atoms with Crippen LogP contribution in [0.1, 0.15) is 33.2 Å². The van der Waals surface area contributed by atoms with Gasteiger partial charge < -0.3 is 10.1 Å². The van der Waals surface area contributed by atoms with Crippen molar-refractivity contribution in [2.45, 2.75) is 6.92 Å². The van der Waals surface area contributed by atoms with Gasteiger partial charge in [-0.05, 0) is 48.0 Å². The molecule has 3 aromatic carbocycles. The average molecular weight is 385 g/mol. The highest BCUT2D eigenvalue weighted by atomic mass is 16.5. The molecule has 0 fully saturated rings. The molecule has 0 aliphatic carbocycles. The van der Waals surface area contributed by atoms with E-state index < -0.39 is 11.9 Å². The first-order valence-electron chi connectivity index (χ1n) is 8.99. The van der Waals surface area contributed by atoms with Gasteiger partial charge in [0.25, 0.3) is 5.91 Å². The average Bonchev–Trinajstić information content (AvgIpc) is 2.73. The number of rotatable bonds is 6. The molecule has 0 atom stereocenters. The molecule has 0 aliphatic heterocycles. The van der Waals surface area contributed by atoms with Crippen LogP contribution in [0.3, 0.4) is 0 Å². The Balaban J connectivity index is 1.68. The number of hydrogen-bond acceptors (Lipinski definition) is 4. The number of carbonyl (C=O) groups excluding carboxylic acids is 3. The van der Waals surface area contributed by atoms with E-state index in [1.807, 2.05) is 30.3 Å². The Kier molecular flexibility index (Phi) is 6.32. The highest BCUT2D eigenvalue weighted by Gasteiger charge is 2.14. The maximum Gasteiger partial charge on any atom is 0.308 e. The Morgan fingerprint density at radius 3 is 2.17 bits per heavy atom. The summed E-state index contributed by atoms with van der Waals surface area (Å²) in [7, 11) is 0. The molecule has 0 aromatic heterocycles. The number of anilines is 1. The maximum absolute atomic E-state index is 12.5. The lowest BCUT2D eigenvalue weighted by Gasteiger charge is -2.09. The number of para-hydroxylation sites is 1. The van der Waals surface area contributed by atoms with E-state index in [-0.39, 0.29) is 17.1 Å². The molecular weight excluding hydrogens is 366 g/mol. The Hall–Kier alpha value is -3.99. The number of ether oxygens (including phenoxy) is 1. The monoisotopic (exact) mass is 385 g/mol. The molecule has 0 saturated carbocycles. The van der Waals surface area contributed by atoms with Crippen LogP contribution in [0.5, 0.6) is 5.75 Å². The van der Waals surface area contributed by atoms with Crippen LogP contribution in [0, 0.1) is 0 Å². The van der Waals surface area contributed by atoms with Crippen LogP contribution >= 0.6 is 0 Å². The van der Waals surface area contributed by atoms with Crippen LogP contribution in [0.15, 0.2) is 84.9 Å². The van der Waals surface area contributed by atoms with Crippen molar-refractivity contribution in [2.75, 3.05) is 5.32 Å². The van der Waals surface area contributed by atoms with Gasteiger partial charge in [-0.1, -0.05) is 48.5 Å². The third-order valence-corrected chi connectivity index (χ3v) is 4.04. The topological polar surface area (TPSA) is 72.5 Å². The molecule has 144 valence electrons. The minimum atomic E-state index is -0.503. The summed E-state index contributed by atoms with van der Waals surface area (Å²) < 4.78 is 5.07. The van der Waals surface area contributed by atoms with Crippen molar-refractivity contribution in [2.24, 2.45) is 0 Å². The number of carbonyl (C=O) groups is 3. The van der Waals surface area contributed by atoms with E-state index in [1.54, 1.807) is 54.6 Å². The highest BCUT2D eigenvalue weighted by Crippen LogP contribution is 2.20. The predicted octanol–water partition coefficient (Wildman–Crippen LogP) is 4.76. The first kappa shape index (κ1) is 19.8. The van der Waals surface area contributed by atoms with Gasteiger partial charge in [0.05, 0.1) is 5.56 Å². The van der Waals surface area contributed by atoms with Gasteiger partial charge in [-0.25, -0.2) is 0 Å². The maximum atomic E-state index is 12.5. The van der Waals surface area contributed by atoms with E-state index >= 15 is 0 Å². The first-order chi connectivity index (χ1) is 14.0. The van der Waals surface area contributed by atoms with Crippen molar-refractivity contribution in [1.29, 1.82) is 0 Å². The number of allylic oxidation sites excluding steroid dienone is 1. The lowest BCUT2D eigenvalue weighted by atomic mass is 10.1. The van der Waals surface area contributed by atoms with Crippen LogP contribution in [0.2, 0.25) is 0 Å². The molecule has 0 bridgehead atoms. The van der Waals surface area contributed by atoms with E-state index in [9.17, 15) is 14.4 Å². The summed E-state index contributed by atoms with van der Waals surface area (Å²) in [6.07, 6.45) is 3.27. The molecule has 1 amide bonds. The molecule has 0 spiro atoms. The standard InChI is InChI=1S/C24H19NO4/c1-17(26)29-23-10-6-5-9-21(23)24(28)25-20-14-12-19(13-15-20)22(27)16-11-18-7-3-2-4-8-18/h2-16H,1H3,(H,25,28)/b16-11+. The van der Waals surface area contributed by atoms with Crippen molar-refractivity contribution < 1.29 is 19.1 Å². The molecule has 29 heavy (non-hydrogen) atoms. The third-order valence-electron chi connectivity index (χ3n) is 4.04. The van der Waals surface area contributed by atoms with Gasteiger partial charge in [0.2, 0.25) is 0 Å². The Bertz CT molecular complexity index is 1050. The number of benzene rings is 3. The van der Waals surface area contributed by atoms with E-state index in [0.29, 0.717) is 11.3 Å². The zero-order chi connectivity index (χ0) is 20.6. The summed E-state index contributed by atoms with van der Waals surface area (Å²) in [5.41, 5.74) is 2.22. The second-order valence-electron chi connectivity index (χ2n) is 6.23. The van der Waals surface area contributed by atoms with E-state index in [2.05, 4.69) is 5.32 Å². The zero-order valence-electron chi connectivity index (χ0n) is 15.8. The molecule has 0 unspecified atom stereocenters. The first-order valence-corrected chi connectivity index (χ1v) is 8.99. The van der Waals surface area contributed by atoms with Crippen LogP contribution in [0.4, 0.5) is 5.69 Å². The van der Waals surface area contributed by atoms with E-state index in [1.165, 1.54) is 13.0 Å². The molecular formula is C24H19NO4. The van der Waals surface area contributed by atoms with Crippen molar-refractivity contribution in [3.8, 4) is 5.75 Å². The van der Waals surface area contributed by atoms with Crippen LogP contribution in [0.25, 0.3) is 6.08 Å². The highest BCUT2D eigenvalue weighted by molar-refractivity contribution is 6.08. The molecule has 3 aromatic rings. The normalized spacial score (nSPS) is 10.5. The fourth-order valence-corrected chi connectivity index (χ4v) is 2.65. The number of amides is 1.